The fourth-order valence-corrected chi connectivity index (χ4v) is 2.77. The van der Waals surface area contributed by atoms with E-state index in [1.807, 2.05) is 0 Å². The Bertz CT molecular complexity index is 949. The molecule has 0 atom stereocenters. The first-order chi connectivity index (χ1) is 10.5. The van der Waals surface area contributed by atoms with Crippen LogP contribution in [-0.2, 0) is 11.3 Å². The maximum atomic E-state index is 13.7. The monoisotopic (exact) mass is 336 g/mol. The first-order valence-electron chi connectivity index (χ1n) is 6.35. The molecule has 0 radical (unpaired) electrons. The molecule has 0 aliphatic carbocycles. The van der Waals surface area contributed by atoms with Gasteiger partial charge in [0.1, 0.15) is 12.1 Å². The summed E-state index contributed by atoms with van der Waals surface area (Å²) in [7, 11) is 0. The lowest BCUT2D eigenvalue weighted by atomic mass is 10.1. The molecular weight excluding hydrogens is 327 g/mol. The van der Waals surface area contributed by atoms with E-state index in [1.165, 1.54) is 26.9 Å². The number of hydrogen-bond acceptors (Lipinski definition) is 3. The minimum atomic E-state index is -0.566. The molecule has 0 spiro atoms. The second-order valence-corrected chi connectivity index (χ2v) is 5.55. The number of pyridine rings is 1. The molecule has 0 bridgehead atoms. The van der Waals surface area contributed by atoms with E-state index in [2.05, 4.69) is 12.8 Å². The smallest absolute Gasteiger partial charge is 0.261 e. The predicted octanol–water partition coefficient (Wildman–Crippen LogP) is 3.15. The molecule has 2 heterocycles. The van der Waals surface area contributed by atoms with Gasteiger partial charge in [0.25, 0.3) is 5.56 Å². The Morgan fingerprint density at radius 3 is 2.77 bits per heavy atom. The fourth-order valence-electron chi connectivity index (χ4n) is 2.37. The SMILES string of the molecule is O=CCn1ccc2c(c(-c3ccc(Cl)c(F)c3)cn2S)c1=O. The molecule has 2 aromatic heterocycles. The Morgan fingerprint density at radius 1 is 1.32 bits per heavy atom. The summed E-state index contributed by atoms with van der Waals surface area (Å²) < 4.78 is 16.5. The van der Waals surface area contributed by atoms with Gasteiger partial charge in [0.05, 0.1) is 22.5 Å². The molecule has 3 rings (SSSR count). The van der Waals surface area contributed by atoms with Gasteiger partial charge in [0.15, 0.2) is 0 Å². The average Bonchev–Trinajstić information content (AvgIpc) is 2.83. The summed E-state index contributed by atoms with van der Waals surface area (Å²) >= 11 is 9.97. The Kier molecular flexibility index (Phi) is 3.80. The number of carbonyl (C=O) groups is 1. The average molecular weight is 337 g/mol. The number of benzene rings is 1. The van der Waals surface area contributed by atoms with Crippen molar-refractivity contribution in [3.63, 3.8) is 0 Å². The Morgan fingerprint density at radius 2 is 2.09 bits per heavy atom. The normalized spacial score (nSPS) is 11.0. The second-order valence-electron chi connectivity index (χ2n) is 4.72. The van der Waals surface area contributed by atoms with Crippen molar-refractivity contribution in [2.24, 2.45) is 0 Å². The maximum Gasteiger partial charge on any atom is 0.261 e. The highest BCUT2D eigenvalue weighted by Crippen LogP contribution is 2.30. The highest BCUT2D eigenvalue weighted by molar-refractivity contribution is 7.78. The molecule has 1 aromatic carbocycles. The van der Waals surface area contributed by atoms with E-state index in [0.717, 1.165) is 0 Å². The summed E-state index contributed by atoms with van der Waals surface area (Å²) in [4.78, 5) is 23.2. The van der Waals surface area contributed by atoms with E-state index in [0.29, 0.717) is 28.3 Å². The molecular formula is C15H10ClFN2O2S. The van der Waals surface area contributed by atoms with Gasteiger partial charge in [-0.05, 0) is 23.8 Å². The number of halogens is 2. The van der Waals surface area contributed by atoms with Crippen LogP contribution in [0, 0.1) is 5.82 Å². The third kappa shape index (κ3) is 2.34. The van der Waals surface area contributed by atoms with E-state index in [1.54, 1.807) is 18.3 Å². The van der Waals surface area contributed by atoms with Gasteiger partial charge in [-0.15, -0.1) is 0 Å². The highest BCUT2D eigenvalue weighted by Gasteiger charge is 2.15. The Labute approximate surface area is 135 Å². The number of thiol groups is 1. The first-order valence-corrected chi connectivity index (χ1v) is 7.13. The van der Waals surface area contributed by atoms with Crippen LogP contribution in [0.15, 0.2) is 41.5 Å². The van der Waals surface area contributed by atoms with Gasteiger partial charge in [-0.2, -0.15) is 0 Å². The van der Waals surface area contributed by atoms with Crippen LogP contribution in [0.1, 0.15) is 0 Å². The Hall–Kier alpha value is -2.05. The largest absolute Gasteiger partial charge is 0.308 e. The topological polar surface area (TPSA) is 44.0 Å². The summed E-state index contributed by atoms with van der Waals surface area (Å²) in [6.45, 7) is -0.0407. The molecule has 112 valence electrons. The van der Waals surface area contributed by atoms with Gasteiger partial charge >= 0.3 is 0 Å². The molecule has 0 saturated heterocycles. The third-order valence-electron chi connectivity index (χ3n) is 3.41. The molecule has 0 N–H and O–H groups in total. The number of carbonyl (C=O) groups excluding carboxylic acids is 1. The number of hydrogen-bond donors (Lipinski definition) is 1. The van der Waals surface area contributed by atoms with E-state index in [-0.39, 0.29) is 17.1 Å². The zero-order valence-corrected chi connectivity index (χ0v) is 12.8. The van der Waals surface area contributed by atoms with Crippen LogP contribution in [0.25, 0.3) is 22.0 Å². The highest BCUT2D eigenvalue weighted by atomic mass is 35.5. The lowest BCUT2D eigenvalue weighted by Crippen LogP contribution is -2.20. The number of fused-ring (bicyclic) bond motifs is 1. The van der Waals surface area contributed by atoms with E-state index in [4.69, 9.17) is 11.6 Å². The van der Waals surface area contributed by atoms with Crippen molar-refractivity contribution < 1.29 is 9.18 Å². The van der Waals surface area contributed by atoms with Crippen LogP contribution >= 0.6 is 24.4 Å². The lowest BCUT2D eigenvalue weighted by Gasteiger charge is -2.04. The van der Waals surface area contributed by atoms with Crippen LogP contribution in [0.4, 0.5) is 4.39 Å². The van der Waals surface area contributed by atoms with E-state index >= 15 is 0 Å². The maximum absolute atomic E-state index is 13.7. The minimum absolute atomic E-state index is 0.0109. The predicted molar refractivity (Wildman–Crippen MR) is 87.1 cm³/mol. The van der Waals surface area contributed by atoms with Crippen LogP contribution in [0.3, 0.4) is 0 Å². The summed E-state index contributed by atoms with van der Waals surface area (Å²) in [5, 5.41) is 0.387. The molecule has 0 amide bonds. The number of rotatable bonds is 3. The van der Waals surface area contributed by atoms with Crippen molar-refractivity contribution in [1.82, 2.24) is 8.54 Å². The van der Waals surface area contributed by atoms with Gasteiger partial charge in [-0.25, -0.2) is 4.39 Å². The quantitative estimate of drug-likeness (QED) is 0.590. The van der Waals surface area contributed by atoms with Crippen molar-refractivity contribution in [3.05, 3.63) is 57.9 Å². The van der Waals surface area contributed by atoms with Crippen LogP contribution in [0.5, 0.6) is 0 Å². The van der Waals surface area contributed by atoms with Gasteiger partial charge in [-0.3, -0.25) is 8.77 Å². The van der Waals surface area contributed by atoms with Crippen molar-refractivity contribution in [3.8, 4) is 11.1 Å². The van der Waals surface area contributed by atoms with E-state index in [9.17, 15) is 14.0 Å². The lowest BCUT2D eigenvalue weighted by molar-refractivity contribution is -0.108. The summed E-state index contributed by atoms with van der Waals surface area (Å²) in [5.74, 6) is -0.566. The van der Waals surface area contributed by atoms with E-state index < -0.39 is 5.82 Å². The van der Waals surface area contributed by atoms with Gasteiger partial charge in [-0.1, -0.05) is 30.5 Å². The van der Waals surface area contributed by atoms with Gasteiger partial charge < -0.3 is 9.36 Å². The van der Waals surface area contributed by atoms with Crippen molar-refractivity contribution in [2.45, 2.75) is 6.54 Å². The van der Waals surface area contributed by atoms with Gasteiger partial charge in [0, 0.05) is 18.0 Å². The van der Waals surface area contributed by atoms with Crippen molar-refractivity contribution in [2.75, 3.05) is 0 Å². The molecule has 0 unspecified atom stereocenters. The zero-order chi connectivity index (χ0) is 15.9. The standard InChI is InChI=1S/C15H10ClFN2O2S/c16-11-2-1-9(7-12(11)17)10-8-19(22)13-3-4-18(5-6-20)15(21)14(10)13/h1-4,6-8,22H,5H2. The molecule has 0 aliphatic heterocycles. The summed E-state index contributed by atoms with van der Waals surface area (Å²) in [6.07, 6.45) is 3.80. The van der Waals surface area contributed by atoms with Crippen LogP contribution in [-0.4, -0.2) is 14.8 Å². The number of aromatic nitrogens is 2. The number of aldehydes is 1. The molecule has 7 heteroatoms. The van der Waals surface area contributed by atoms with Crippen molar-refractivity contribution >= 4 is 41.6 Å². The number of nitrogens with zero attached hydrogens (tertiary/aromatic N) is 2. The van der Waals surface area contributed by atoms with Crippen molar-refractivity contribution in [1.29, 1.82) is 0 Å². The zero-order valence-electron chi connectivity index (χ0n) is 11.2. The molecule has 4 nitrogen and oxygen atoms in total. The molecule has 0 aliphatic rings. The summed E-state index contributed by atoms with van der Waals surface area (Å²) in [5.41, 5.74) is 1.30. The molecule has 0 saturated carbocycles. The molecule has 22 heavy (non-hydrogen) atoms. The van der Waals surface area contributed by atoms with Gasteiger partial charge in [0.2, 0.25) is 0 Å². The Balaban J connectivity index is 2.33. The molecule has 3 aromatic rings. The third-order valence-corrected chi connectivity index (χ3v) is 4.05. The summed E-state index contributed by atoms with van der Waals surface area (Å²) in [6, 6.07) is 6.01. The van der Waals surface area contributed by atoms with Crippen LogP contribution in [0.2, 0.25) is 5.02 Å². The second kappa shape index (κ2) is 5.62. The fraction of sp³-hybridized carbons (Fsp3) is 0.0667. The minimum Gasteiger partial charge on any atom is -0.308 e. The first kappa shape index (κ1) is 14.9. The van der Waals surface area contributed by atoms with Crippen LogP contribution < -0.4 is 5.56 Å². The molecule has 0 fully saturated rings.